The largest absolute Gasteiger partial charge is 0.382 e. The smallest absolute Gasteiger partial charge is 0.228 e. The summed E-state index contributed by atoms with van der Waals surface area (Å²) in [6.45, 7) is 2.00. The van der Waals surface area contributed by atoms with Crippen molar-refractivity contribution < 1.29 is 4.79 Å². The molecule has 5 heteroatoms. The van der Waals surface area contributed by atoms with Gasteiger partial charge >= 0.3 is 0 Å². The maximum absolute atomic E-state index is 12.3. The minimum absolute atomic E-state index is 0.0306. The molecule has 4 rings (SSSR count). The Labute approximate surface area is 163 Å². The molecule has 1 heterocycles. The van der Waals surface area contributed by atoms with Gasteiger partial charge in [-0.25, -0.2) is 0 Å². The van der Waals surface area contributed by atoms with Crippen LogP contribution in [0.3, 0.4) is 0 Å². The van der Waals surface area contributed by atoms with Crippen molar-refractivity contribution in [1.82, 2.24) is 9.78 Å². The van der Waals surface area contributed by atoms with Gasteiger partial charge in [0.25, 0.3) is 0 Å². The molecule has 0 saturated heterocycles. The highest BCUT2D eigenvalue weighted by atomic mass is 16.1. The van der Waals surface area contributed by atoms with Gasteiger partial charge in [-0.15, -0.1) is 0 Å². The van der Waals surface area contributed by atoms with E-state index in [4.69, 9.17) is 5.73 Å². The molecule has 0 aliphatic carbocycles. The third-order valence-corrected chi connectivity index (χ3v) is 4.84. The van der Waals surface area contributed by atoms with Gasteiger partial charge in [-0.3, -0.25) is 9.48 Å². The molecule has 3 N–H and O–H groups in total. The topological polar surface area (TPSA) is 72.9 Å². The van der Waals surface area contributed by atoms with E-state index in [9.17, 15) is 4.79 Å². The van der Waals surface area contributed by atoms with E-state index in [1.807, 2.05) is 80.7 Å². The fourth-order valence-corrected chi connectivity index (χ4v) is 3.50. The van der Waals surface area contributed by atoms with E-state index in [2.05, 4.69) is 10.4 Å². The third-order valence-electron chi connectivity index (χ3n) is 4.84. The van der Waals surface area contributed by atoms with E-state index < -0.39 is 0 Å². The van der Waals surface area contributed by atoms with Gasteiger partial charge < -0.3 is 11.1 Å². The molecule has 0 atom stereocenters. The molecule has 5 nitrogen and oxygen atoms in total. The summed E-state index contributed by atoms with van der Waals surface area (Å²) >= 11 is 0. The maximum Gasteiger partial charge on any atom is 0.228 e. The number of hydrogen-bond acceptors (Lipinski definition) is 3. The Balaban J connectivity index is 1.54. The Morgan fingerprint density at radius 1 is 1.07 bits per heavy atom. The number of aryl methyl sites for hydroxylation is 2. The van der Waals surface area contributed by atoms with E-state index in [0.717, 1.165) is 38.8 Å². The maximum atomic E-state index is 12.3. The Morgan fingerprint density at radius 2 is 1.82 bits per heavy atom. The molecule has 1 aromatic heterocycles. The zero-order valence-electron chi connectivity index (χ0n) is 15.9. The number of carbonyl (C=O) groups is 1. The van der Waals surface area contributed by atoms with Crippen molar-refractivity contribution in [2.75, 3.05) is 11.1 Å². The number of aromatic nitrogens is 2. The van der Waals surface area contributed by atoms with Gasteiger partial charge in [-0.1, -0.05) is 48.5 Å². The van der Waals surface area contributed by atoms with E-state index >= 15 is 0 Å². The molecule has 140 valence electrons. The normalized spacial score (nSPS) is 10.9. The van der Waals surface area contributed by atoms with Crippen LogP contribution in [-0.2, 0) is 18.3 Å². The summed E-state index contributed by atoms with van der Waals surface area (Å²) < 4.78 is 1.79. The van der Waals surface area contributed by atoms with E-state index in [1.54, 1.807) is 4.68 Å². The molecule has 0 saturated carbocycles. The van der Waals surface area contributed by atoms with Gasteiger partial charge in [-0.2, -0.15) is 5.10 Å². The zero-order chi connectivity index (χ0) is 19.7. The van der Waals surface area contributed by atoms with Crippen molar-refractivity contribution in [3.8, 4) is 11.1 Å². The van der Waals surface area contributed by atoms with Gasteiger partial charge in [0.15, 0.2) is 5.82 Å². The molecule has 0 spiro atoms. The van der Waals surface area contributed by atoms with Gasteiger partial charge in [0, 0.05) is 12.7 Å². The summed E-state index contributed by atoms with van der Waals surface area (Å²) in [6, 6.07) is 21.9. The van der Waals surface area contributed by atoms with Crippen LogP contribution < -0.4 is 11.1 Å². The number of fused-ring (bicyclic) bond motifs is 1. The van der Waals surface area contributed by atoms with Crippen molar-refractivity contribution in [2.45, 2.75) is 13.3 Å². The lowest BCUT2D eigenvalue weighted by Gasteiger charge is -2.08. The number of nitrogens with one attached hydrogen (secondary N) is 1. The molecule has 0 fully saturated rings. The second-order valence-electron chi connectivity index (χ2n) is 7.00. The van der Waals surface area contributed by atoms with Crippen molar-refractivity contribution in [3.05, 3.63) is 77.9 Å². The minimum atomic E-state index is -0.0306. The first-order chi connectivity index (χ1) is 13.5. The molecular weight excluding hydrogens is 348 g/mol. The molecule has 1 amide bonds. The first-order valence-corrected chi connectivity index (χ1v) is 9.18. The standard InChI is InChI=1S/C23H22N4O/c1-15-5-3-6-18(13-15)25-21(28)14-16-9-11-17(12-10-16)19-7-4-8-20-22(19)23(24)26-27(20)2/h3-13H,14H2,1-2H3,(H2,24,26)(H,25,28). The number of nitrogen functional groups attached to an aromatic ring is 1. The number of nitrogens with two attached hydrogens (primary N) is 1. The van der Waals surface area contributed by atoms with Crippen LogP contribution in [0.15, 0.2) is 66.7 Å². The monoisotopic (exact) mass is 370 g/mol. The van der Waals surface area contributed by atoms with Crippen LogP contribution in [0, 0.1) is 6.92 Å². The van der Waals surface area contributed by atoms with Gasteiger partial charge in [0.2, 0.25) is 5.91 Å². The average Bonchev–Trinajstić information content (AvgIpc) is 2.96. The summed E-state index contributed by atoms with van der Waals surface area (Å²) in [5, 5.41) is 8.22. The van der Waals surface area contributed by atoms with Crippen LogP contribution in [0.4, 0.5) is 11.5 Å². The lowest BCUT2D eigenvalue weighted by Crippen LogP contribution is -2.14. The molecule has 0 unspecified atom stereocenters. The molecule has 0 aliphatic rings. The van der Waals surface area contributed by atoms with Crippen LogP contribution in [0.1, 0.15) is 11.1 Å². The number of amides is 1. The molecule has 0 radical (unpaired) electrons. The average molecular weight is 370 g/mol. The van der Waals surface area contributed by atoms with E-state index in [-0.39, 0.29) is 5.91 Å². The lowest BCUT2D eigenvalue weighted by atomic mass is 9.99. The quantitative estimate of drug-likeness (QED) is 0.562. The molecule has 3 aromatic carbocycles. The third kappa shape index (κ3) is 3.47. The number of nitrogens with zero attached hydrogens (tertiary/aromatic N) is 2. The van der Waals surface area contributed by atoms with Gasteiger partial charge in [-0.05, 0) is 47.4 Å². The highest BCUT2D eigenvalue weighted by Crippen LogP contribution is 2.32. The molecular formula is C23H22N4O. The van der Waals surface area contributed by atoms with Crippen LogP contribution >= 0.6 is 0 Å². The number of rotatable bonds is 4. The number of carbonyl (C=O) groups excluding carboxylic acids is 1. The molecule has 0 aliphatic heterocycles. The summed E-state index contributed by atoms with van der Waals surface area (Å²) in [4.78, 5) is 12.3. The van der Waals surface area contributed by atoms with E-state index in [0.29, 0.717) is 12.2 Å². The highest BCUT2D eigenvalue weighted by Gasteiger charge is 2.12. The summed E-state index contributed by atoms with van der Waals surface area (Å²) in [5.41, 5.74) is 12.1. The Bertz CT molecular complexity index is 1160. The first kappa shape index (κ1) is 17.8. The molecule has 28 heavy (non-hydrogen) atoms. The number of benzene rings is 3. The first-order valence-electron chi connectivity index (χ1n) is 9.18. The SMILES string of the molecule is Cc1cccc(NC(=O)Cc2ccc(-c3cccc4c3c(N)nn4C)cc2)c1. The second-order valence-corrected chi connectivity index (χ2v) is 7.00. The Hall–Kier alpha value is -3.60. The fourth-order valence-electron chi connectivity index (χ4n) is 3.50. The van der Waals surface area contributed by atoms with E-state index in [1.165, 1.54) is 0 Å². The van der Waals surface area contributed by atoms with Crippen molar-refractivity contribution in [3.63, 3.8) is 0 Å². The fraction of sp³-hybridized carbons (Fsp3) is 0.130. The molecule has 0 bridgehead atoms. The summed E-state index contributed by atoms with van der Waals surface area (Å²) in [6.07, 6.45) is 0.327. The number of hydrogen-bond donors (Lipinski definition) is 2. The Morgan fingerprint density at radius 3 is 2.57 bits per heavy atom. The van der Waals surface area contributed by atoms with Crippen LogP contribution in [-0.4, -0.2) is 15.7 Å². The van der Waals surface area contributed by atoms with Crippen LogP contribution in [0.2, 0.25) is 0 Å². The number of anilines is 2. The Kier molecular flexibility index (Phi) is 4.57. The predicted molar refractivity (Wildman–Crippen MR) is 114 cm³/mol. The predicted octanol–water partition coefficient (Wildman–Crippen LogP) is 4.31. The van der Waals surface area contributed by atoms with Crippen LogP contribution in [0.25, 0.3) is 22.0 Å². The summed E-state index contributed by atoms with van der Waals surface area (Å²) in [7, 11) is 1.89. The van der Waals surface area contributed by atoms with Crippen molar-refractivity contribution in [2.24, 2.45) is 7.05 Å². The lowest BCUT2D eigenvalue weighted by molar-refractivity contribution is -0.115. The minimum Gasteiger partial charge on any atom is -0.382 e. The zero-order valence-corrected chi connectivity index (χ0v) is 15.9. The second kappa shape index (κ2) is 7.19. The highest BCUT2D eigenvalue weighted by molar-refractivity contribution is 6.02. The van der Waals surface area contributed by atoms with Crippen molar-refractivity contribution in [1.29, 1.82) is 0 Å². The van der Waals surface area contributed by atoms with Gasteiger partial charge in [0.05, 0.1) is 17.3 Å². The van der Waals surface area contributed by atoms with Crippen LogP contribution in [0.5, 0.6) is 0 Å². The molecule has 4 aromatic rings. The van der Waals surface area contributed by atoms with Gasteiger partial charge in [0.1, 0.15) is 0 Å². The summed E-state index contributed by atoms with van der Waals surface area (Å²) in [5.74, 6) is 0.492. The van der Waals surface area contributed by atoms with Crippen molar-refractivity contribution >= 4 is 28.3 Å².